The van der Waals surface area contributed by atoms with Crippen molar-refractivity contribution in [3.8, 4) is 12.1 Å². The van der Waals surface area contributed by atoms with Crippen LogP contribution < -0.4 is 4.72 Å². The number of rotatable bonds is 3. The number of hydrogen-bond donors (Lipinski definition) is 1. The third-order valence-corrected chi connectivity index (χ3v) is 4.27. The fourth-order valence-corrected chi connectivity index (χ4v) is 3.08. The summed E-state index contributed by atoms with van der Waals surface area (Å²) < 4.78 is 28.4. The molecule has 21 heavy (non-hydrogen) atoms. The second-order valence-electron chi connectivity index (χ2n) is 4.37. The molecule has 0 aliphatic rings. The van der Waals surface area contributed by atoms with Crippen molar-refractivity contribution >= 4 is 15.8 Å². The minimum Gasteiger partial charge on any atom is -0.272 e. The number of aromatic nitrogens is 2. The monoisotopic (exact) mass is 301 g/mol. The fourth-order valence-electron chi connectivity index (χ4n) is 1.79. The van der Waals surface area contributed by atoms with Gasteiger partial charge in [0.1, 0.15) is 11.6 Å². The number of nitrogens with one attached hydrogen (secondary N) is 1. The Balaban J connectivity index is 2.49. The third kappa shape index (κ3) is 2.86. The van der Waals surface area contributed by atoms with Gasteiger partial charge in [0.15, 0.2) is 5.82 Å². The van der Waals surface area contributed by atoms with E-state index in [4.69, 9.17) is 10.5 Å². The van der Waals surface area contributed by atoms with Crippen LogP contribution in [0, 0.1) is 29.6 Å². The summed E-state index contributed by atoms with van der Waals surface area (Å²) in [6.07, 6.45) is 1.41. The van der Waals surface area contributed by atoms with Crippen LogP contribution in [0.25, 0.3) is 0 Å². The van der Waals surface area contributed by atoms with Crippen molar-refractivity contribution in [2.45, 2.75) is 11.8 Å². The van der Waals surface area contributed by atoms with Crippen molar-refractivity contribution in [3.63, 3.8) is 0 Å². The molecule has 106 valence electrons. The zero-order valence-corrected chi connectivity index (χ0v) is 12.1. The van der Waals surface area contributed by atoms with Gasteiger partial charge in [-0.2, -0.15) is 15.6 Å². The van der Waals surface area contributed by atoms with Gasteiger partial charge in [0.2, 0.25) is 0 Å². The molecule has 0 aliphatic carbocycles. The van der Waals surface area contributed by atoms with Crippen LogP contribution in [0.3, 0.4) is 0 Å². The lowest BCUT2D eigenvalue weighted by atomic mass is 10.2. The summed E-state index contributed by atoms with van der Waals surface area (Å²) in [6.45, 7) is 1.62. The van der Waals surface area contributed by atoms with Gasteiger partial charge in [-0.05, 0) is 24.6 Å². The maximum Gasteiger partial charge on any atom is 0.263 e. The Morgan fingerprint density at radius 1 is 1.29 bits per heavy atom. The van der Waals surface area contributed by atoms with Crippen LogP contribution in [-0.2, 0) is 17.1 Å². The van der Waals surface area contributed by atoms with Crippen molar-refractivity contribution < 1.29 is 8.42 Å². The van der Waals surface area contributed by atoms with Crippen molar-refractivity contribution in [1.82, 2.24) is 9.78 Å². The number of benzene rings is 1. The van der Waals surface area contributed by atoms with Crippen molar-refractivity contribution in [1.29, 1.82) is 10.5 Å². The maximum atomic E-state index is 12.4. The van der Waals surface area contributed by atoms with E-state index in [1.165, 1.54) is 23.0 Å². The molecule has 2 rings (SSSR count). The summed E-state index contributed by atoms with van der Waals surface area (Å²) >= 11 is 0. The van der Waals surface area contributed by atoms with Gasteiger partial charge in [-0.25, -0.2) is 8.42 Å². The minimum atomic E-state index is -3.92. The van der Waals surface area contributed by atoms with Crippen molar-refractivity contribution in [3.05, 3.63) is 41.1 Å². The van der Waals surface area contributed by atoms with Crippen molar-refractivity contribution in [2.24, 2.45) is 7.05 Å². The predicted octanol–water partition coefficient (Wildman–Crippen LogP) is 1.27. The van der Waals surface area contributed by atoms with E-state index >= 15 is 0 Å². The zero-order chi connectivity index (χ0) is 15.6. The van der Waals surface area contributed by atoms with Crippen LogP contribution in [0.4, 0.5) is 5.82 Å². The fraction of sp³-hybridized carbons (Fsp3) is 0.154. The lowest BCUT2D eigenvalue weighted by Crippen LogP contribution is -2.15. The molecular weight excluding hydrogens is 290 g/mol. The lowest BCUT2D eigenvalue weighted by Gasteiger charge is -2.09. The molecule has 1 heterocycles. The molecule has 0 bridgehead atoms. The molecule has 0 radical (unpaired) electrons. The normalized spacial score (nSPS) is 10.7. The second kappa shape index (κ2) is 5.27. The van der Waals surface area contributed by atoms with Crippen LogP contribution in [0.2, 0.25) is 0 Å². The SMILES string of the molecule is Cc1ccc(C#N)cc1S(=O)(=O)Nc1nn(C)cc1C#N. The molecule has 0 unspecified atom stereocenters. The summed E-state index contributed by atoms with van der Waals surface area (Å²) in [4.78, 5) is -0.0175. The first-order valence-corrected chi connectivity index (χ1v) is 7.33. The van der Waals surface area contributed by atoms with Crippen molar-refractivity contribution in [2.75, 3.05) is 4.72 Å². The number of sulfonamides is 1. The molecule has 2 aromatic rings. The zero-order valence-electron chi connectivity index (χ0n) is 11.3. The molecule has 0 atom stereocenters. The largest absolute Gasteiger partial charge is 0.272 e. The Kier molecular flexibility index (Phi) is 3.66. The van der Waals surface area contributed by atoms with Gasteiger partial charge in [0.25, 0.3) is 10.0 Å². The van der Waals surface area contributed by atoms with Gasteiger partial charge < -0.3 is 0 Å². The number of hydrogen-bond acceptors (Lipinski definition) is 5. The first kappa shape index (κ1) is 14.6. The Morgan fingerprint density at radius 3 is 2.62 bits per heavy atom. The molecule has 1 aromatic carbocycles. The molecule has 8 heteroatoms. The number of anilines is 1. The van der Waals surface area contributed by atoms with Crippen LogP contribution in [0.5, 0.6) is 0 Å². The Labute approximate surface area is 122 Å². The average Bonchev–Trinajstić information content (AvgIpc) is 2.78. The van der Waals surface area contributed by atoms with E-state index in [9.17, 15) is 8.42 Å². The smallest absolute Gasteiger partial charge is 0.263 e. The Bertz CT molecular complexity index is 884. The van der Waals surface area contributed by atoms with E-state index in [0.717, 1.165) is 0 Å². The predicted molar refractivity (Wildman–Crippen MR) is 74.6 cm³/mol. The molecule has 0 fully saturated rings. The minimum absolute atomic E-state index is 0.0175. The topological polar surface area (TPSA) is 112 Å². The van der Waals surface area contributed by atoms with Gasteiger partial charge in [0, 0.05) is 13.2 Å². The molecule has 7 nitrogen and oxygen atoms in total. The molecule has 1 aromatic heterocycles. The summed E-state index contributed by atoms with van der Waals surface area (Å²) in [5.74, 6) is -0.0400. The van der Waals surface area contributed by atoms with E-state index in [1.54, 1.807) is 20.0 Å². The van der Waals surface area contributed by atoms with Gasteiger partial charge in [-0.1, -0.05) is 6.07 Å². The summed E-state index contributed by atoms with van der Waals surface area (Å²) in [7, 11) is -2.34. The summed E-state index contributed by atoms with van der Waals surface area (Å²) in [5, 5.41) is 21.7. The van der Waals surface area contributed by atoms with Crippen LogP contribution >= 0.6 is 0 Å². The molecule has 0 aliphatic heterocycles. The molecule has 0 spiro atoms. The van der Waals surface area contributed by atoms with Gasteiger partial charge in [0.05, 0.1) is 16.5 Å². The summed E-state index contributed by atoms with van der Waals surface area (Å²) in [6, 6.07) is 8.13. The second-order valence-corrected chi connectivity index (χ2v) is 6.03. The van der Waals surface area contributed by atoms with Gasteiger partial charge >= 0.3 is 0 Å². The van der Waals surface area contributed by atoms with E-state index < -0.39 is 10.0 Å². The Hall–Kier alpha value is -2.84. The Morgan fingerprint density at radius 2 is 2.00 bits per heavy atom. The van der Waals surface area contributed by atoms with E-state index in [1.807, 2.05) is 12.1 Å². The summed E-state index contributed by atoms with van der Waals surface area (Å²) in [5.41, 5.74) is 0.855. The molecule has 0 saturated heterocycles. The standard InChI is InChI=1S/C13H11N5O2S/c1-9-3-4-10(6-14)5-12(9)21(19,20)17-13-11(7-15)8-18(2)16-13/h3-5,8H,1-2H3,(H,16,17). The molecule has 1 N–H and O–H groups in total. The first-order valence-electron chi connectivity index (χ1n) is 5.84. The van der Waals surface area contributed by atoms with E-state index in [0.29, 0.717) is 5.56 Å². The van der Waals surface area contributed by atoms with Gasteiger partial charge in [-0.3, -0.25) is 9.40 Å². The number of nitriles is 2. The first-order chi connectivity index (χ1) is 9.87. The number of nitrogens with zero attached hydrogens (tertiary/aromatic N) is 4. The van der Waals surface area contributed by atoms with Crippen LogP contribution in [0.15, 0.2) is 29.3 Å². The van der Waals surface area contributed by atoms with Crippen LogP contribution in [-0.4, -0.2) is 18.2 Å². The highest BCUT2D eigenvalue weighted by Gasteiger charge is 2.21. The quantitative estimate of drug-likeness (QED) is 0.917. The lowest BCUT2D eigenvalue weighted by molar-refractivity contribution is 0.600. The average molecular weight is 301 g/mol. The highest BCUT2D eigenvalue weighted by atomic mass is 32.2. The van der Waals surface area contributed by atoms with E-state index in [2.05, 4.69) is 9.82 Å². The third-order valence-electron chi connectivity index (χ3n) is 2.79. The molecule has 0 saturated carbocycles. The molecular formula is C13H11N5O2S. The maximum absolute atomic E-state index is 12.4. The highest BCUT2D eigenvalue weighted by molar-refractivity contribution is 7.92. The number of aryl methyl sites for hydroxylation is 2. The van der Waals surface area contributed by atoms with Crippen LogP contribution in [0.1, 0.15) is 16.7 Å². The molecule has 0 amide bonds. The highest BCUT2D eigenvalue weighted by Crippen LogP contribution is 2.21. The van der Waals surface area contributed by atoms with E-state index in [-0.39, 0.29) is 21.8 Å². The van der Waals surface area contributed by atoms with Gasteiger partial charge in [-0.15, -0.1) is 0 Å².